The Balaban J connectivity index is 1.78. The average molecular weight is 459 g/mol. The molecule has 0 bridgehead atoms. The van der Waals surface area contributed by atoms with Crippen LogP contribution in [0.4, 0.5) is 0 Å². The van der Waals surface area contributed by atoms with Crippen LogP contribution in [-0.4, -0.2) is 25.2 Å². The first-order valence-electron chi connectivity index (χ1n) is 7.92. The highest BCUT2D eigenvalue weighted by molar-refractivity contribution is 7.13. The molecule has 0 aliphatic heterocycles. The second-order valence-electron chi connectivity index (χ2n) is 5.48. The molecule has 3 rings (SSSR count). The van der Waals surface area contributed by atoms with Gasteiger partial charge >= 0.3 is 5.97 Å². The molecule has 0 atom stereocenters. The zero-order valence-corrected chi connectivity index (χ0v) is 17.9. The number of methoxy groups -OCH3 is 2. The lowest BCUT2D eigenvalue weighted by Gasteiger charge is -2.10. The average Bonchev–Trinajstić information content (AvgIpc) is 3.17. The maximum atomic E-state index is 12.4. The fraction of sp³-hybridized carbons (Fsp3) is 0.158. The summed E-state index contributed by atoms with van der Waals surface area (Å²) in [4.78, 5) is 16.9. The van der Waals surface area contributed by atoms with Crippen LogP contribution in [-0.2, 0) is 11.3 Å². The number of esters is 1. The molecular weight excluding hydrogens is 445 g/mol. The monoisotopic (exact) mass is 457 g/mol. The SMILES string of the molecule is COc1cccc(-c2nc(COC(=O)c3c(Cl)ccc(Cl)c3Cl)cs2)c1OC. The van der Waals surface area contributed by atoms with E-state index in [9.17, 15) is 4.79 Å². The van der Waals surface area contributed by atoms with Gasteiger partial charge < -0.3 is 14.2 Å². The van der Waals surface area contributed by atoms with Crippen molar-refractivity contribution in [2.24, 2.45) is 0 Å². The third-order valence-corrected chi connectivity index (χ3v) is 5.83. The third-order valence-electron chi connectivity index (χ3n) is 3.78. The molecule has 0 radical (unpaired) electrons. The molecule has 0 fully saturated rings. The van der Waals surface area contributed by atoms with Crippen LogP contribution < -0.4 is 9.47 Å². The van der Waals surface area contributed by atoms with Gasteiger partial charge in [-0.3, -0.25) is 0 Å². The van der Waals surface area contributed by atoms with Gasteiger partial charge in [0.15, 0.2) is 11.5 Å². The van der Waals surface area contributed by atoms with Crippen LogP contribution in [0.3, 0.4) is 0 Å². The minimum absolute atomic E-state index is 0.0285. The van der Waals surface area contributed by atoms with Crippen LogP contribution in [0.5, 0.6) is 11.5 Å². The van der Waals surface area contributed by atoms with Crippen LogP contribution in [0.15, 0.2) is 35.7 Å². The number of carbonyl (C=O) groups is 1. The van der Waals surface area contributed by atoms with Gasteiger partial charge in [0.1, 0.15) is 11.6 Å². The lowest BCUT2D eigenvalue weighted by molar-refractivity contribution is 0.0469. The Morgan fingerprint density at radius 2 is 1.82 bits per heavy atom. The predicted octanol–water partition coefficient (Wildman–Crippen LogP) is 6.14. The van der Waals surface area contributed by atoms with Crippen molar-refractivity contribution in [1.82, 2.24) is 4.98 Å². The van der Waals surface area contributed by atoms with Crippen molar-refractivity contribution in [3.05, 3.63) is 62.0 Å². The topological polar surface area (TPSA) is 57.7 Å². The molecule has 0 aliphatic carbocycles. The number of halogens is 3. The van der Waals surface area contributed by atoms with Gasteiger partial charge in [0, 0.05) is 5.38 Å². The Bertz CT molecular complexity index is 1020. The normalized spacial score (nSPS) is 10.6. The summed E-state index contributed by atoms with van der Waals surface area (Å²) in [5, 5.41) is 2.95. The molecule has 0 saturated heterocycles. The zero-order chi connectivity index (χ0) is 20.3. The van der Waals surface area contributed by atoms with Crippen molar-refractivity contribution in [3.63, 3.8) is 0 Å². The molecule has 9 heteroatoms. The summed E-state index contributed by atoms with van der Waals surface area (Å²) in [6.07, 6.45) is 0. The van der Waals surface area contributed by atoms with Gasteiger partial charge in [-0.2, -0.15) is 0 Å². The number of carbonyl (C=O) groups excluding carboxylic acids is 1. The highest BCUT2D eigenvalue weighted by Gasteiger charge is 2.20. The van der Waals surface area contributed by atoms with E-state index >= 15 is 0 Å². The largest absolute Gasteiger partial charge is 0.493 e. The van der Waals surface area contributed by atoms with Gasteiger partial charge in [0.05, 0.1) is 46.1 Å². The minimum atomic E-state index is -0.675. The van der Waals surface area contributed by atoms with Gasteiger partial charge in [0.2, 0.25) is 0 Å². The second-order valence-corrected chi connectivity index (χ2v) is 7.53. The van der Waals surface area contributed by atoms with Gasteiger partial charge in [-0.15, -0.1) is 11.3 Å². The Hall–Kier alpha value is -1.99. The minimum Gasteiger partial charge on any atom is -0.493 e. The first-order chi connectivity index (χ1) is 13.5. The van der Waals surface area contributed by atoms with Crippen molar-refractivity contribution >= 4 is 52.1 Å². The molecule has 1 aromatic heterocycles. The summed E-state index contributed by atoms with van der Waals surface area (Å²) in [7, 11) is 3.14. The van der Waals surface area contributed by atoms with E-state index in [1.165, 1.54) is 23.5 Å². The third kappa shape index (κ3) is 4.20. The second kappa shape index (κ2) is 9.01. The van der Waals surface area contributed by atoms with E-state index in [1.807, 2.05) is 12.1 Å². The number of hydrogen-bond donors (Lipinski definition) is 0. The summed E-state index contributed by atoms with van der Waals surface area (Å²) in [6.45, 7) is -0.0409. The molecule has 5 nitrogen and oxygen atoms in total. The number of aromatic nitrogens is 1. The molecule has 0 unspecified atom stereocenters. The maximum Gasteiger partial charge on any atom is 0.341 e. The van der Waals surface area contributed by atoms with Crippen molar-refractivity contribution < 1.29 is 19.0 Å². The summed E-state index contributed by atoms with van der Waals surface area (Å²) in [6, 6.07) is 8.53. The fourth-order valence-electron chi connectivity index (χ4n) is 2.48. The molecule has 0 aliphatic rings. The summed E-state index contributed by atoms with van der Waals surface area (Å²) in [5.74, 6) is 0.514. The van der Waals surface area contributed by atoms with E-state index in [0.29, 0.717) is 22.2 Å². The lowest BCUT2D eigenvalue weighted by atomic mass is 10.2. The van der Waals surface area contributed by atoms with Crippen LogP contribution in [0, 0.1) is 0 Å². The zero-order valence-electron chi connectivity index (χ0n) is 14.8. The fourth-order valence-corrected chi connectivity index (χ4v) is 3.99. The molecule has 0 N–H and O–H groups in total. The van der Waals surface area contributed by atoms with E-state index < -0.39 is 5.97 Å². The van der Waals surface area contributed by atoms with Crippen LogP contribution >= 0.6 is 46.1 Å². The van der Waals surface area contributed by atoms with Gasteiger partial charge in [-0.1, -0.05) is 40.9 Å². The molecule has 0 saturated carbocycles. The number of hydrogen-bond acceptors (Lipinski definition) is 6. The molecule has 2 aromatic carbocycles. The summed E-state index contributed by atoms with van der Waals surface area (Å²) < 4.78 is 16.1. The van der Waals surface area contributed by atoms with Gasteiger partial charge in [0.25, 0.3) is 0 Å². The molecule has 1 heterocycles. The molecule has 28 heavy (non-hydrogen) atoms. The van der Waals surface area contributed by atoms with E-state index in [-0.39, 0.29) is 27.2 Å². The van der Waals surface area contributed by atoms with Crippen molar-refractivity contribution in [2.45, 2.75) is 6.61 Å². The standard InChI is InChI=1S/C19H14Cl3NO4S/c1-25-14-5-3-4-11(17(14)26-2)18-23-10(9-28-18)8-27-19(24)15-12(20)6-7-13(21)16(15)22/h3-7,9H,8H2,1-2H3. The van der Waals surface area contributed by atoms with Crippen molar-refractivity contribution in [3.8, 4) is 22.1 Å². The van der Waals surface area contributed by atoms with Crippen molar-refractivity contribution in [2.75, 3.05) is 14.2 Å². The first kappa shape index (κ1) is 20.7. The van der Waals surface area contributed by atoms with E-state index in [4.69, 9.17) is 49.0 Å². The smallest absolute Gasteiger partial charge is 0.341 e. The van der Waals surface area contributed by atoms with E-state index in [0.717, 1.165) is 5.56 Å². The quantitative estimate of drug-likeness (QED) is 0.328. The van der Waals surface area contributed by atoms with Gasteiger partial charge in [-0.05, 0) is 24.3 Å². The highest BCUT2D eigenvalue weighted by Crippen LogP contribution is 2.39. The maximum absolute atomic E-state index is 12.4. The summed E-state index contributed by atoms with van der Waals surface area (Å²) >= 11 is 19.4. The van der Waals surface area contributed by atoms with Crippen LogP contribution in [0.1, 0.15) is 16.1 Å². The van der Waals surface area contributed by atoms with E-state index in [1.54, 1.807) is 25.7 Å². The van der Waals surface area contributed by atoms with Crippen molar-refractivity contribution in [1.29, 1.82) is 0 Å². The molecule has 0 spiro atoms. The number of rotatable bonds is 6. The van der Waals surface area contributed by atoms with Crippen LogP contribution in [0.2, 0.25) is 15.1 Å². The number of benzene rings is 2. The Kier molecular flexibility index (Phi) is 6.67. The Morgan fingerprint density at radius 1 is 1.07 bits per heavy atom. The molecule has 146 valence electrons. The van der Waals surface area contributed by atoms with E-state index in [2.05, 4.69) is 4.98 Å². The summed E-state index contributed by atoms with van der Waals surface area (Å²) in [5.41, 5.74) is 1.39. The van der Waals surface area contributed by atoms with Crippen LogP contribution in [0.25, 0.3) is 10.6 Å². The lowest BCUT2D eigenvalue weighted by Crippen LogP contribution is -2.07. The highest BCUT2D eigenvalue weighted by atomic mass is 35.5. The number of nitrogens with zero attached hydrogens (tertiary/aromatic N) is 1. The molecular formula is C19H14Cl3NO4S. The molecule has 0 amide bonds. The Morgan fingerprint density at radius 3 is 2.54 bits per heavy atom. The first-order valence-corrected chi connectivity index (χ1v) is 9.94. The Labute approximate surface area is 180 Å². The molecule has 3 aromatic rings. The predicted molar refractivity (Wildman–Crippen MR) is 111 cm³/mol. The van der Waals surface area contributed by atoms with Gasteiger partial charge in [-0.25, -0.2) is 9.78 Å². The number of para-hydroxylation sites is 1. The number of thiazole rings is 1. The number of ether oxygens (including phenoxy) is 3.